The first-order valence-electron chi connectivity index (χ1n) is 14.0. The van der Waals surface area contributed by atoms with Crippen LogP contribution in [-0.2, 0) is 35.0 Å². The molecule has 0 saturated carbocycles. The molecule has 2 aromatic rings. The second-order valence-corrected chi connectivity index (χ2v) is 10.9. The van der Waals surface area contributed by atoms with Gasteiger partial charge in [0.15, 0.2) is 34.9 Å². The maximum atomic E-state index is 12.1. The Kier molecular flexibility index (Phi) is 11.0. The van der Waals surface area contributed by atoms with Gasteiger partial charge in [-0.3, -0.25) is 0 Å². The Morgan fingerprint density at radius 1 is 0.956 bits per heavy atom. The van der Waals surface area contributed by atoms with Crippen LogP contribution in [0.4, 0.5) is 0 Å². The normalized spacial score (nSPS) is 30.0. The van der Waals surface area contributed by atoms with Crippen LogP contribution in [0.5, 0.6) is 23.0 Å². The number of aromatic hydroxyl groups is 3. The van der Waals surface area contributed by atoms with E-state index in [9.17, 15) is 50.4 Å². The fourth-order valence-corrected chi connectivity index (χ4v) is 4.57. The van der Waals surface area contributed by atoms with Gasteiger partial charge in [0.25, 0.3) is 0 Å². The second-order valence-electron chi connectivity index (χ2n) is 10.9. The summed E-state index contributed by atoms with van der Waals surface area (Å²) in [7, 11) is 0. The zero-order chi connectivity index (χ0) is 32.9. The van der Waals surface area contributed by atoms with E-state index in [0.29, 0.717) is 17.5 Å². The number of ketones is 1. The fraction of sp³-hybridized carbons (Fsp3) is 0.467. The third-order valence-corrected chi connectivity index (χ3v) is 7.31. The Hall–Kier alpha value is -3.80. The van der Waals surface area contributed by atoms with Crippen LogP contribution < -0.4 is 4.74 Å². The van der Waals surface area contributed by atoms with Crippen molar-refractivity contribution in [3.63, 3.8) is 0 Å². The van der Waals surface area contributed by atoms with E-state index in [4.69, 9.17) is 23.7 Å². The highest BCUT2D eigenvalue weighted by atomic mass is 16.7. The monoisotopic (exact) mass is 636 g/mol. The highest BCUT2D eigenvalue weighted by Crippen LogP contribution is 2.33. The summed E-state index contributed by atoms with van der Waals surface area (Å²) >= 11 is 0. The molecule has 0 radical (unpaired) electrons. The number of rotatable bonds is 12. The Bertz CT molecular complexity index is 1380. The molecule has 15 heteroatoms. The Balaban J connectivity index is 1.31. The number of carbonyl (C=O) groups is 2. The molecule has 0 aromatic heterocycles. The minimum Gasteiger partial charge on any atom is -0.504 e. The van der Waals surface area contributed by atoms with Gasteiger partial charge < -0.3 is 69.3 Å². The number of hydrogen-bond acceptors (Lipinski definition) is 15. The number of esters is 1. The summed E-state index contributed by atoms with van der Waals surface area (Å²) in [5.74, 6) is -2.05. The van der Waals surface area contributed by atoms with Crippen LogP contribution in [0.1, 0.15) is 24.5 Å². The topological polar surface area (TPSA) is 242 Å². The number of ether oxygens (including phenoxy) is 5. The minimum atomic E-state index is -2.07. The minimum absolute atomic E-state index is 0.0333. The molecule has 2 aliphatic rings. The summed E-state index contributed by atoms with van der Waals surface area (Å²) in [4.78, 5) is 23.4. The van der Waals surface area contributed by atoms with Crippen LogP contribution in [-0.4, -0.2) is 121 Å². The number of hydrogen-bond donors (Lipinski definition) is 8. The summed E-state index contributed by atoms with van der Waals surface area (Å²) in [5.41, 5.74) is -1.03. The van der Waals surface area contributed by atoms with Crippen LogP contribution in [0.15, 0.2) is 42.5 Å². The average molecular weight is 637 g/mol. The molecule has 2 aromatic carbocycles. The van der Waals surface area contributed by atoms with Crippen molar-refractivity contribution < 1.29 is 74.1 Å². The van der Waals surface area contributed by atoms with Crippen LogP contribution in [0.3, 0.4) is 0 Å². The highest BCUT2D eigenvalue weighted by molar-refractivity contribution is 5.87. The molecule has 0 spiro atoms. The molecule has 4 rings (SSSR count). The molecule has 246 valence electrons. The summed E-state index contributed by atoms with van der Waals surface area (Å²) in [5, 5.41) is 81.9. The van der Waals surface area contributed by atoms with E-state index in [1.807, 2.05) is 0 Å². The Morgan fingerprint density at radius 3 is 2.40 bits per heavy atom. The van der Waals surface area contributed by atoms with Gasteiger partial charge in [-0.15, -0.1) is 0 Å². The molecule has 45 heavy (non-hydrogen) atoms. The number of Topliss-reactive ketones (excluding diaryl/α,β-unsaturated/α-hetero) is 1. The van der Waals surface area contributed by atoms with E-state index < -0.39 is 74.5 Å². The zero-order valence-corrected chi connectivity index (χ0v) is 24.1. The lowest BCUT2D eigenvalue weighted by Gasteiger charge is -2.40. The number of aliphatic hydroxyl groups is 5. The van der Waals surface area contributed by atoms with Crippen LogP contribution in [0.2, 0.25) is 0 Å². The van der Waals surface area contributed by atoms with E-state index in [2.05, 4.69) is 0 Å². The number of benzene rings is 2. The first-order chi connectivity index (χ1) is 21.3. The fourth-order valence-electron chi connectivity index (χ4n) is 4.57. The summed E-state index contributed by atoms with van der Waals surface area (Å²) < 4.78 is 27.0. The van der Waals surface area contributed by atoms with Gasteiger partial charge in [0.2, 0.25) is 6.29 Å². The predicted octanol–water partition coefficient (Wildman–Crippen LogP) is -0.767. The lowest BCUT2D eigenvalue weighted by atomic mass is 9.99. The quantitative estimate of drug-likeness (QED) is 0.0811. The molecular formula is C30H36O15. The molecule has 8 N–H and O–H groups in total. The molecule has 15 nitrogen and oxygen atoms in total. The summed E-state index contributed by atoms with van der Waals surface area (Å²) in [6.07, 6.45) is -8.33. The van der Waals surface area contributed by atoms with Crippen LogP contribution in [0.25, 0.3) is 6.08 Å². The van der Waals surface area contributed by atoms with Crippen molar-refractivity contribution in [2.75, 3.05) is 19.8 Å². The third kappa shape index (κ3) is 8.47. The summed E-state index contributed by atoms with van der Waals surface area (Å²) in [6, 6.07) is 8.25. The van der Waals surface area contributed by atoms with E-state index in [1.165, 1.54) is 43.3 Å². The smallest absolute Gasteiger partial charge is 0.330 e. The van der Waals surface area contributed by atoms with Gasteiger partial charge in [0.05, 0.1) is 13.2 Å². The highest BCUT2D eigenvalue weighted by Gasteiger charge is 2.51. The molecule has 2 saturated heterocycles. The van der Waals surface area contributed by atoms with E-state index in [-0.39, 0.29) is 35.2 Å². The largest absolute Gasteiger partial charge is 0.504 e. The van der Waals surface area contributed by atoms with Crippen molar-refractivity contribution in [1.29, 1.82) is 0 Å². The molecule has 0 unspecified atom stereocenters. The van der Waals surface area contributed by atoms with Crippen molar-refractivity contribution >= 4 is 17.8 Å². The first-order valence-corrected chi connectivity index (χ1v) is 14.0. The standard InChI is InChI=1S/C30H36O15/c1-15(31)2-3-17-5-8-19(33)21(11-17)44-28-26(38)25(37)24(36)22(45-28)12-41-29-27(39)30(40,14-43-29)13-42-23(35)9-6-16-4-7-18(32)20(34)10-16/h4-11,22,24-29,32-34,36-40H,2-3,12-14H2,1H3/b9-6-/t22-,24-,25+,26-,27-,28-,29+,30+/m0/s1. The van der Waals surface area contributed by atoms with Gasteiger partial charge in [0.1, 0.15) is 42.9 Å². The van der Waals surface area contributed by atoms with E-state index in [1.54, 1.807) is 6.07 Å². The van der Waals surface area contributed by atoms with Gasteiger partial charge in [-0.05, 0) is 54.8 Å². The first kappa shape index (κ1) is 34.1. The van der Waals surface area contributed by atoms with E-state index in [0.717, 1.165) is 6.08 Å². The van der Waals surface area contributed by atoms with Crippen molar-refractivity contribution in [1.82, 2.24) is 0 Å². The van der Waals surface area contributed by atoms with Crippen molar-refractivity contribution in [2.45, 2.75) is 68.5 Å². The third-order valence-electron chi connectivity index (χ3n) is 7.31. The van der Waals surface area contributed by atoms with Crippen molar-refractivity contribution in [3.8, 4) is 23.0 Å². The second kappa shape index (κ2) is 14.5. The van der Waals surface area contributed by atoms with Gasteiger partial charge in [-0.1, -0.05) is 12.1 Å². The Labute approximate surface area is 257 Å². The SMILES string of the molecule is CC(=O)CCc1ccc(O)c(O[C@H]2O[C@@H](CO[C@@H]3OC[C@](O)(COC(=O)/C=C\c4ccc(O)c(O)c4)[C@H]3O)[C@H](O)[C@@H](O)[C@@H]2O)c1. The molecule has 2 fully saturated rings. The van der Waals surface area contributed by atoms with Crippen molar-refractivity contribution in [2.24, 2.45) is 0 Å². The lowest BCUT2D eigenvalue weighted by Crippen LogP contribution is -2.60. The van der Waals surface area contributed by atoms with Gasteiger partial charge in [-0.25, -0.2) is 4.79 Å². The van der Waals surface area contributed by atoms with Crippen LogP contribution >= 0.6 is 0 Å². The molecular weight excluding hydrogens is 600 g/mol. The van der Waals surface area contributed by atoms with Crippen LogP contribution in [0, 0.1) is 0 Å². The number of phenolic OH excluding ortho intramolecular Hbond substituents is 3. The zero-order valence-electron chi connectivity index (χ0n) is 24.1. The summed E-state index contributed by atoms with van der Waals surface area (Å²) in [6.45, 7) is -0.258. The van der Waals surface area contributed by atoms with Crippen molar-refractivity contribution in [3.05, 3.63) is 53.6 Å². The van der Waals surface area contributed by atoms with Gasteiger partial charge in [0, 0.05) is 12.5 Å². The number of aliphatic hydroxyl groups excluding tert-OH is 4. The van der Waals surface area contributed by atoms with Gasteiger partial charge >= 0.3 is 5.97 Å². The number of phenols is 3. The molecule has 8 atom stereocenters. The molecule has 0 amide bonds. The Morgan fingerprint density at radius 2 is 1.69 bits per heavy atom. The average Bonchev–Trinajstić information content (AvgIpc) is 3.29. The maximum Gasteiger partial charge on any atom is 0.330 e. The van der Waals surface area contributed by atoms with Gasteiger partial charge in [-0.2, -0.15) is 0 Å². The number of aryl methyl sites for hydroxylation is 1. The molecule has 2 aliphatic heterocycles. The number of carbonyl (C=O) groups excluding carboxylic acids is 2. The van der Waals surface area contributed by atoms with E-state index >= 15 is 0 Å². The molecule has 2 heterocycles. The molecule has 0 bridgehead atoms. The maximum absolute atomic E-state index is 12.1. The lowest BCUT2D eigenvalue weighted by molar-refractivity contribution is -0.289. The molecule has 0 aliphatic carbocycles. The predicted molar refractivity (Wildman–Crippen MR) is 151 cm³/mol.